The summed E-state index contributed by atoms with van der Waals surface area (Å²) < 4.78 is 0. The predicted molar refractivity (Wildman–Crippen MR) is 109 cm³/mol. The van der Waals surface area contributed by atoms with Crippen molar-refractivity contribution in [2.24, 2.45) is 0 Å². The van der Waals surface area contributed by atoms with Gasteiger partial charge < -0.3 is 10.3 Å². The van der Waals surface area contributed by atoms with Gasteiger partial charge in [0.25, 0.3) is 5.91 Å². The Balaban J connectivity index is 1.51. The van der Waals surface area contributed by atoms with Crippen molar-refractivity contribution in [2.75, 3.05) is 0 Å². The molecule has 5 heteroatoms. The number of pyridine rings is 1. The summed E-state index contributed by atoms with van der Waals surface area (Å²) in [5.74, 6) is -0.0179. The van der Waals surface area contributed by atoms with Crippen LogP contribution in [0.15, 0.2) is 48.7 Å². The number of rotatable bonds is 3. The number of H-pyrrole nitrogens is 1. The monoisotopic (exact) mass is 363 g/mol. The van der Waals surface area contributed by atoms with Crippen molar-refractivity contribution >= 4 is 25.0 Å². The van der Waals surface area contributed by atoms with Crippen LogP contribution in [0.3, 0.4) is 0 Å². The Hall–Kier alpha value is -2.40. The zero-order chi connectivity index (χ0) is 18.1. The summed E-state index contributed by atoms with van der Waals surface area (Å²) in [5, 5.41) is 4.17. The molecule has 2 aromatic heterocycles. The van der Waals surface area contributed by atoms with Crippen LogP contribution in [-0.2, 0) is 0 Å². The van der Waals surface area contributed by atoms with Crippen LogP contribution in [0, 0.1) is 0 Å². The molecule has 1 aromatic carbocycles. The third-order valence-electron chi connectivity index (χ3n) is 5.50. The summed E-state index contributed by atoms with van der Waals surface area (Å²) in [6, 6.07) is 17.1. The third kappa shape index (κ3) is 3.58. The number of amides is 1. The Bertz CT molecular complexity index is 923. The number of aromatic amines is 1. The summed E-state index contributed by atoms with van der Waals surface area (Å²) in [7, 11) is -0.997. The van der Waals surface area contributed by atoms with E-state index in [1.54, 1.807) is 0 Å². The highest BCUT2D eigenvalue weighted by Gasteiger charge is 2.29. The summed E-state index contributed by atoms with van der Waals surface area (Å²) in [5.41, 5.74) is 3.54. The predicted octanol–water partition coefficient (Wildman–Crippen LogP) is 4.83. The minimum atomic E-state index is -0.997. The molecule has 4 rings (SSSR count). The van der Waals surface area contributed by atoms with Crippen LogP contribution < -0.4 is 5.32 Å². The second-order valence-corrected chi connectivity index (χ2v) is 13.5. The number of carbonyl (C=O) groups excluding carboxylic acids is 1. The fraction of sp³-hybridized carbons (Fsp3) is 0.333. The SMILES string of the molecule is C[Si]1(C)CCC(NC(=O)c2cc3cc(-c4ccccc4)cnc3[nH]2)CC1. The van der Waals surface area contributed by atoms with E-state index in [-0.39, 0.29) is 5.91 Å². The Morgan fingerprint density at radius 1 is 1.12 bits per heavy atom. The molecule has 4 nitrogen and oxygen atoms in total. The van der Waals surface area contributed by atoms with Gasteiger partial charge in [0.2, 0.25) is 0 Å². The third-order valence-corrected chi connectivity index (χ3v) is 8.78. The molecule has 134 valence electrons. The molecule has 2 N–H and O–H groups in total. The Morgan fingerprint density at radius 2 is 1.85 bits per heavy atom. The number of aromatic nitrogens is 2. The van der Waals surface area contributed by atoms with Crippen molar-refractivity contribution in [3.8, 4) is 11.1 Å². The molecule has 0 spiro atoms. The van der Waals surface area contributed by atoms with E-state index in [0.717, 1.165) is 35.0 Å². The second kappa shape index (κ2) is 6.72. The lowest BCUT2D eigenvalue weighted by molar-refractivity contribution is 0.0929. The highest BCUT2D eigenvalue weighted by atomic mass is 28.3. The molecule has 3 aromatic rings. The molecular weight excluding hydrogens is 338 g/mol. The van der Waals surface area contributed by atoms with Gasteiger partial charge in [-0.1, -0.05) is 55.5 Å². The van der Waals surface area contributed by atoms with Crippen LogP contribution >= 0.6 is 0 Å². The molecule has 1 aliphatic heterocycles. The molecule has 0 saturated carbocycles. The van der Waals surface area contributed by atoms with Crippen molar-refractivity contribution in [3.63, 3.8) is 0 Å². The molecule has 0 unspecified atom stereocenters. The van der Waals surface area contributed by atoms with Gasteiger partial charge in [-0.05, 0) is 30.5 Å². The van der Waals surface area contributed by atoms with E-state index >= 15 is 0 Å². The zero-order valence-electron chi connectivity index (χ0n) is 15.4. The summed E-state index contributed by atoms with van der Waals surface area (Å²) in [6.07, 6.45) is 4.08. The molecular formula is C21H25N3OSi. The first-order valence-corrected chi connectivity index (χ1v) is 12.8. The van der Waals surface area contributed by atoms with Crippen LogP contribution in [0.2, 0.25) is 25.2 Å². The van der Waals surface area contributed by atoms with Crippen molar-refractivity contribution in [1.82, 2.24) is 15.3 Å². The van der Waals surface area contributed by atoms with E-state index in [4.69, 9.17) is 0 Å². The van der Waals surface area contributed by atoms with Crippen LogP contribution in [0.4, 0.5) is 0 Å². The van der Waals surface area contributed by atoms with Crippen LogP contribution in [0.5, 0.6) is 0 Å². The van der Waals surface area contributed by atoms with Gasteiger partial charge in [0, 0.05) is 31.3 Å². The maximum absolute atomic E-state index is 12.6. The zero-order valence-corrected chi connectivity index (χ0v) is 16.4. The highest BCUT2D eigenvalue weighted by Crippen LogP contribution is 2.28. The standard InChI is InChI=1S/C21H25N3OSi/c1-26(2)10-8-18(9-11-26)23-21(25)19-13-16-12-17(14-22-20(16)24-19)15-6-4-3-5-7-15/h3-7,12-14,18H,8-11H2,1-2H3,(H,22,24)(H,23,25). The maximum Gasteiger partial charge on any atom is 0.267 e. The molecule has 1 aliphatic rings. The first-order chi connectivity index (χ1) is 12.5. The average molecular weight is 364 g/mol. The van der Waals surface area contributed by atoms with E-state index < -0.39 is 8.07 Å². The van der Waals surface area contributed by atoms with Crippen molar-refractivity contribution in [2.45, 2.75) is 44.1 Å². The summed E-state index contributed by atoms with van der Waals surface area (Å²) >= 11 is 0. The van der Waals surface area contributed by atoms with E-state index in [9.17, 15) is 4.79 Å². The van der Waals surface area contributed by atoms with Crippen molar-refractivity contribution in [3.05, 3.63) is 54.4 Å². The van der Waals surface area contributed by atoms with Crippen LogP contribution in [0.1, 0.15) is 23.3 Å². The van der Waals surface area contributed by atoms with Gasteiger partial charge >= 0.3 is 0 Å². The lowest BCUT2D eigenvalue weighted by Crippen LogP contribution is -2.42. The van der Waals surface area contributed by atoms with Gasteiger partial charge in [0.1, 0.15) is 11.3 Å². The van der Waals surface area contributed by atoms with Crippen LogP contribution in [0.25, 0.3) is 22.2 Å². The number of hydrogen-bond donors (Lipinski definition) is 2. The summed E-state index contributed by atoms with van der Waals surface area (Å²) in [4.78, 5) is 20.3. The van der Waals surface area contributed by atoms with E-state index in [1.807, 2.05) is 30.5 Å². The Kier molecular flexibility index (Phi) is 4.40. The fourth-order valence-electron chi connectivity index (χ4n) is 3.73. The smallest absolute Gasteiger partial charge is 0.267 e. The minimum absolute atomic E-state index is 0.0179. The molecule has 0 atom stereocenters. The maximum atomic E-state index is 12.6. The number of nitrogens with one attached hydrogen (secondary N) is 2. The van der Waals surface area contributed by atoms with Gasteiger partial charge in [-0.15, -0.1) is 0 Å². The molecule has 1 amide bonds. The topological polar surface area (TPSA) is 57.8 Å². The Morgan fingerprint density at radius 3 is 2.58 bits per heavy atom. The van der Waals surface area contributed by atoms with E-state index in [1.165, 1.54) is 12.1 Å². The van der Waals surface area contributed by atoms with Crippen molar-refractivity contribution in [1.29, 1.82) is 0 Å². The largest absolute Gasteiger partial charge is 0.348 e. The molecule has 0 radical (unpaired) electrons. The fourth-order valence-corrected chi connectivity index (χ4v) is 6.24. The second-order valence-electron chi connectivity index (χ2n) is 8.12. The number of carbonyl (C=O) groups is 1. The molecule has 26 heavy (non-hydrogen) atoms. The molecule has 1 fully saturated rings. The van der Waals surface area contributed by atoms with Gasteiger partial charge in [-0.2, -0.15) is 0 Å². The number of nitrogens with zero attached hydrogens (tertiary/aromatic N) is 1. The first kappa shape index (κ1) is 17.0. The van der Waals surface area contributed by atoms with Gasteiger partial charge in [0.05, 0.1) is 0 Å². The summed E-state index contributed by atoms with van der Waals surface area (Å²) in [6.45, 7) is 4.89. The number of benzene rings is 1. The molecule has 1 saturated heterocycles. The minimum Gasteiger partial charge on any atom is -0.348 e. The number of fused-ring (bicyclic) bond motifs is 1. The molecule has 3 heterocycles. The normalized spacial score (nSPS) is 17.3. The van der Waals surface area contributed by atoms with E-state index in [2.05, 4.69) is 46.6 Å². The Labute approximate surface area is 155 Å². The van der Waals surface area contributed by atoms with Gasteiger partial charge in [0.15, 0.2) is 0 Å². The van der Waals surface area contributed by atoms with Crippen molar-refractivity contribution < 1.29 is 4.79 Å². The van der Waals surface area contributed by atoms with Gasteiger partial charge in [-0.3, -0.25) is 4.79 Å². The van der Waals surface area contributed by atoms with E-state index in [0.29, 0.717) is 11.7 Å². The molecule has 0 aliphatic carbocycles. The number of hydrogen-bond acceptors (Lipinski definition) is 2. The molecule has 0 bridgehead atoms. The quantitative estimate of drug-likeness (QED) is 0.655. The average Bonchev–Trinajstić information content (AvgIpc) is 3.07. The lowest BCUT2D eigenvalue weighted by Gasteiger charge is -2.33. The highest BCUT2D eigenvalue weighted by molar-refractivity contribution is 6.77. The van der Waals surface area contributed by atoms with Gasteiger partial charge in [-0.25, -0.2) is 4.98 Å². The lowest BCUT2D eigenvalue weighted by atomic mass is 10.1. The first-order valence-electron chi connectivity index (χ1n) is 9.35. The van der Waals surface area contributed by atoms with Crippen LogP contribution in [-0.4, -0.2) is 30.0 Å².